The Labute approximate surface area is 123 Å². The van der Waals surface area contributed by atoms with E-state index in [2.05, 4.69) is 5.32 Å². The van der Waals surface area contributed by atoms with Gasteiger partial charge in [-0.05, 0) is 50.5 Å². The Bertz CT molecular complexity index is 608. The Balaban J connectivity index is 2.03. The summed E-state index contributed by atoms with van der Waals surface area (Å²) in [6, 6.07) is 3.97. The van der Waals surface area contributed by atoms with Crippen molar-refractivity contribution in [2.45, 2.75) is 51.1 Å². The molecule has 1 saturated heterocycles. The first-order valence-electron chi connectivity index (χ1n) is 7.36. The van der Waals surface area contributed by atoms with Crippen LogP contribution in [0.1, 0.15) is 38.2 Å². The Kier molecular flexibility index (Phi) is 3.23. The number of nitrogens with one attached hydrogen (secondary N) is 1. The molecule has 2 aliphatic rings. The van der Waals surface area contributed by atoms with E-state index in [1.807, 2.05) is 0 Å². The molecule has 1 atom stereocenters. The van der Waals surface area contributed by atoms with Crippen LogP contribution in [0.3, 0.4) is 0 Å². The second-order valence-electron chi connectivity index (χ2n) is 6.06. The second-order valence-corrected chi connectivity index (χ2v) is 6.06. The lowest BCUT2D eigenvalue weighted by atomic mass is 9.90. The van der Waals surface area contributed by atoms with Crippen LogP contribution in [0.2, 0.25) is 0 Å². The highest BCUT2D eigenvalue weighted by Gasteiger charge is 2.51. The molecule has 1 N–H and O–H groups in total. The molecule has 2 amide bonds. The number of carbonyl (C=O) groups is 2. The van der Waals surface area contributed by atoms with Crippen molar-refractivity contribution >= 4 is 17.5 Å². The number of nitrogens with zero attached hydrogens (tertiary/aromatic N) is 1. The molecule has 5 heteroatoms. The van der Waals surface area contributed by atoms with Gasteiger partial charge in [0.05, 0.1) is 0 Å². The van der Waals surface area contributed by atoms with Crippen LogP contribution in [0.15, 0.2) is 18.2 Å². The van der Waals surface area contributed by atoms with Crippen molar-refractivity contribution in [3.05, 3.63) is 29.6 Å². The molecule has 2 fully saturated rings. The predicted molar refractivity (Wildman–Crippen MR) is 77.4 cm³/mol. The van der Waals surface area contributed by atoms with Crippen molar-refractivity contribution < 1.29 is 14.0 Å². The molecule has 0 aromatic heterocycles. The van der Waals surface area contributed by atoms with Gasteiger partial charge in [0.15, 0.2) is 0 Å². The minimum Gasteiger partial charge on any atom is -0.340 e. The van der Waals surface area contributed by atoms with Crippen molar-refractivity contribution in [1.29, 1.82) is 0 Å². The minimum absolute atomic E-state index is 0.0712. The third kappa shape index (κ3) is 2.11. The molecule has 1 unspecified atom stereocenters. The SMILES string of the molecule is Cc1cc(N2C(=O)C3(CCCC3)NC(=O)C2C)ccc1F. The Morgan fingerprint density at radius 1 is 1.29 bits per heavy atom. The summed E-state index contributed by atoms with van der Waals surface area (Å²) >= 11 is 0. The zero-order valence-corrected chi connectivity index (χ0v) is 12.3. The van der Waals surface area contributed by atoms with E-state index in [9.17, 15) is 14.0 Å². The van der Waals surface area contributed by atoms with Gasteiger partial charge in [0.2, 0.25) is 5.91 Å². The summed E-state index contributed by atoms with van der Waals surface area (Å²) in [5.41, 5.74) is 0.304. The normalized spacial score (nSPS) is 24.5. The average Bonchev–Trinajstić information content (AvgIpc) is 2.90. The highest BCUT2D eigenvalue weighted by atomic mass is 19.1. The first-order valence-corrected chi connectivity index (χ1v) is 7.36. The molecule has 0 bridgehead atoms. The van der Waals surface area contributed by atoms with E-state index in [0.29, 0.717) is 24.1 Å². The Hall–Kier alpha value is -1.91. The van der Waals surface area contributed by atoms with Crippen molar-refractivity contribution in [1.82, 2.24) is 5.32 Å². The molecule has 0 radical (unpaired) electrons. The van der Waals surface area contributed by atoms with Gasteiger partial charge in [-0.2, -0.15) is 0 Å². The van der Waals surface area contributed by atoms with Crippen molar-refractivity contribution in [2.75, 3.05) is 4.90 Å². The van der Waals surface area contributed by atoms with Crippen LogP contribution in [-0.2, 0) is 9.59 Å². The molecule has 21 heavy (non-hydrogen) atoms. The van der Waals surface area contributed by atoms with Crippen LogP contribution in [0.5, 0.6) is 0 Å². The van der Waals surface area contributed by atoms with Crippen LogP contribution in [0.25, 0.3) is 0 Å². The van der Waals surface area contributed by atoms with E-state index in [1.54, 1.807) is 26.0 Å². The van der Waals surface area contributed by atoms with E-state index in [-0.39, 0.29) is 17.6 Å². The van der Waals surface area contributed by atoms with Gasteiger partial charge in [-0.1, -0.05) is 12.8 Å². The van der Waals surface area contributed by atoms with E-state index in [0.717, 1.165) is 12.8 Å². The van der Waals surface area contributed by atoms with Crippen molar-refractivity contribution in [2.24, 2.45) is 0 Å². The van der Waals surface area contributed by atoms with Gasteiger partial charge < -0.3 is 5.32 Å². The molecular formula is C16H19FN2O2. The van der Waals surface area contributed by atoms with E-state index in [4.69, 9.17) is 0 Å². The fourth-order valence-electron chi connectivity index (χ4n) is 3.35. The summed E-state index contributed by atoms with van der Waals surface area (Å²) < 4.78 is 13.4. The van der Waals surface area contributed by atoms with Gasteiger partial charge in [-0.15, -0.1) is 0 Å². The number of halogens is 1. The Morgan fingerprint density at radius 3 is 2.57 bits per heavy atom. The number of amides is 2. The summed E-state index contributed by atoms with van der Waals surface area (Å²) in [6.45, 7) is 3.36. The van der Waals surface area contributed by atoms with Crippen LogP contribution in [-0.4, -0.2) is 23.4 Å². The van der Waals surface area contributed by atoms with Gasteiger partial charge >= 0.3 is 0 Å². The van der Waals surface area contributed by atoms with Crippen LogP contribution >= 0.6 is 0 Å². The molecule has 1 aliphatic carbocycles. The molecule has 1 aromatic carbocycles. The summed E-state index contributed by atoms with van der Waals surface area (Å²) in [7, 11) is 0. The number of rotatable bonds is 1. The van der Waals surface area contributed by atoms with E-state index < -0.39 is 11.6 Å². The quantitative estimate of drug-likeness (QED) is 0.862. The highest BCUT2D eigenvalue weighted by molar-refractivity contribution is 6.10. The van der Waals surface area contributed by atoms with Gasteiger partial charge in [0.1, 0.15) is 17.4 Å². The van der Waals surface area contributed by atoms with Gasteiger partial charge in [0.25, 0.3) is 5.91 Å². The maximum atomic E-state index is 13.4. The maximum Gasteiger partial charge on any atom is 0.253 e. The molecule has 1 saturated carbocycles. The van der Waals surface area contributed by atoms with Gasteiger partial charge in [0, 0.05) is 5.69 Å². The first-order chi connectivity index (χ1) is 9.94. The number of hydrogen-bond acceptors (Lipinski definition) is 2. The lowest BCUT2D eigenvalue weighted by Crippen LogP contribution is -2.69. The van der Waals surface area contributed by atoms with Gasteiger partial charge in [-0.25, -0.2) is 4.39 Å². The molecular weight excluding hydrogens is 271 g/mol. The first kappa shape index (κ1) is 14.0. The molecule has 4 nitrogen and oxygen atoms in total. The third-order valence-electron chi connectivity index (χ3n) is 4.63. The lowest BCUT2D eigenvalue weighted by Gasteiger charge is -2.43. The number of benzene rings is 1. The largest absolute Gasteiger partial charge is 0.340 e. The maximum absolute atomic E-state index is 13.4. The predicted octanol–water partition coefficient (Wildman–Crippen LogP) is 2.30. The smallest absolute Gasteiger partial charge is 0.253 e. The standard InChI is InChI=1S/C16H19FN2O2/c1-10-9-12(5-6-13(10)17)19-11(2)14(20)18-16(15(19)21)7-3-4-8-16/h5-6,9,11H,3-4,7-8H2,1-2H3,(H,18,20). The summed E-state index contributed by atoms with van der Waals surface area (Å²) in [5.74, 6) is -0.521. The minimum atomic E-state index is -0.758. The zero-order chi connectivity index (χ0) is 15.2. The molecule has 1 aliphatic heterocycles. The number of aryl methyl sites for hydroxylation is 1. The topological polar surface area (TPSA) is 49.4 Å². The van der Waals surface area contributed by atoms with Gasteiger partial charge in [-0.3, -0.25) is 14.5 Å². The summed E-state index contributed by atoms with van der Waals surface area (Å²) in [5, 5.41) is 2.91. The van der Waals surface area contributed by atoms with Crippen LogP contribution < -0.4 is 10.2 Å². The number of carbonyl (C=O) groups excluding carboxylic acids is 2. The third-order valence-corrected chi connectivity index (χ3v) is 4.63. The monoisotopic (exact) mass is 290 g/mol. The average molecular weight is 290 g/mol. The zero-order valence-electron chi connectivity index (χ0n) is 12.3. The molecule has 1 spiro atoms. The second kappa shape index (κ2) is 4.83. The molecule has 112 valence electrons. The number of piperazine rings is 1. The van der Waals surface area contributed by atoms with E-state index >= 15 is 0 Å². The van der Waals surface area contributed by atoms with E-state index in [1.165, 1.54) is 11.0 Å². The molecule has 1 aromatic rings. The highest BCUT2D eigenvalue weighted by Crippen LogP contribution is 2.36. The number of anilines is 1. The summed E-state index contributed by atoms with van der Waals surface area (Å²) in [6.07, 6.45) is 3.25. The van der Waals surface area contributed by atoms with Crippen molar-refractivity contribution in [3.8, 4) is 0 Å². The lowest BCUT2D eigenvalue weighted by molar-refractivity contribution is -0.137. The fraction of sp³-hybridized carbons (Fsp3) is 0.500. The molecule has 1 heterocycles. The molecule has 3 rings (SSSR count). The summed E-state index contributed by atoms with van der Waals surface area (Å²) in [4.78, 5) is 26.7. The van der Waals surface area contributed by atoms with Crippen LogP contribution in [0, 0.1) is 12.7 Å². The fourth-order valence-corrected chi connectivity index (χ4v) is 3.35. The van der Waals surface area contributed by atoms with Crippen LogP contribution in [0.4, 0.5) is 10.1 Å². The van der Waals surface area contributed by atoms with Crippen molar-refractivity contribution in [3.63, 3.8) is 0 Å². The number of hydrogen-bond donors (Lipinski definition) is 1. The Morgan fingerprint density at radius 2 is 1.95 bits per heavy atom.